The van der Waals surface area contributed by atoms with Crippen molar-refractivity contribution in [2.75, 3.05) is 13.2 Å². The maximum atomic E-state index is 12.2. The Hall–Kier alpha value is -1.11. The van der Waals surface area contributed by atoms with Crippen molar-refractivity contribution < 1.29 is 14.1 Å². The first-order chi connectivity index (χ1) is 9.67. The molecule has 0 radical (unpaired) electrons. The van der Waals surface area contributed by atoms with E-state index in [4.69, 9.17) is 9.26 Å². The van der Waals surface area contributed by atoms with Crippen LogP contribution in [0, 0.1) is 0 Å². The molecule has 0 aliphatic carbocycles. The molecule has 21 heavy (non-hydrogen) atoms. The van der Waals surface area contributed by atoms with Crippen molar-refractivity contribution >= 4 is 18.3 Å². The van der Waals surface area contributed by atoms with Crippen LogP contribution in [0.1, 0.15) is 37.8 Å². The van der Waals surface area contributed by atoms with E-state index in [1.54, 1.807) is 0 Å². The molecule has 7 heteroatoms. The van der Waals surface area contributed by atoms with Crippen molar-refractivity contribution in [2.45, 2.75) is 52.3 Å². The van der Waals surface area contributed by atoms with Gasteiger partial charge in [-0.1, -0.05) is 19.0 Å². The Morgan fingerprint density at radius 2 is 2.19 bits per heavy atom. The van der Waals surface area contributed by atoms with Crippen molar-refractivity contribution in [1.82, 2.24) is 15.8 Å². The molecule has 1 amide bonds. The van der Waals surface area contributed by atoms with Crippen LogP contribution in [0.5, 0.6) is 0 Å². The Bertz CT molecular complexity index is 443. The highest BCUT2D eigenvalue weighted by molar-refractivity contribution is 5.85. The number of nitrogens with one attached hydrogen (secondary N) is 2. The van der Waals surface area contributed by atoms with Crippen LogP contribution in [-0.4, -0.2) is 36.4 Å². The molecule has 2 N–H and O–H groups in total. The molecule has 2 heterocycles. The minimum Gasteiger partial charge on any atom is -0.375 e. The van der Waals surface area contributed by atoms with Crippen molar-refractivity contribution in [3.8, 4) is 0 Å². The Labute approximate surface area is 131 Å². The summed E-state index contributed by atoms with van der Waals surface area (Å²) >= 11 is 0. The predicted octanol–water partition coefficient (Wildman–Crippen LogP) is 1.21. The minimum absolute atomic E-state index is 0. The lowest BCUT2D eigenvalue weighted by atomic mass is 10.1. The largest absolute Gasteiger partial charge is 0.375 e. The molecule has 0 unspecified atom stereocenters. The Morgan fingerprint density at radius 1 is 1.43 bits per heavy atom. The quantitative estimate of drug-likeness (QED) is 0.854. The number of rotatable bonds is 5. The van der Waals surface area contributed by atoms with Gasteiger partial charge in [0.25, 0.3) is 0 Å². The number of carbonyl (C=O) groups is 1. The molecule has 0 saturated carbocycles. The van der Waals surface area contributed by atoms with Gasteiger partial charge in [0.2, 0.25) is 5.91 Å². The fourth-order valence-corrected chi connectivity index (χ4v) is 2.45. The number of aryl methyl sites for hydroxylation is 2. The van der Waals surface area contributed by atoms with Gasteiger partial charge in [0.1, 0.15) is 11.8 Å². The molecule has 2 rings (SSSR count). The summed E-state index contributed by atoms with van der Waals surface area (Å²) in [4.78, 5) is 12.2. The third-order valence-corrected chi connectivity index (χ3v) is 3.65. The lowest BCUT2D eigenvalue weighted by Gasteiger charge is -2.29. The Kier molecular flexibility index (Phi) is 7.14. The van der Waals surface area contributed by atoms with E-state index in [0.29, 0.717) is 19.7 Å². The van der Waals surface area contributed by atoms with Gasteiger partial charge in [-0.2, -0.15) is 0 Å². The molecule has 1 aliphatic rings. The molecule has 0 bridgehead atoms. The number of hydrogen-bond acceptors (Lipinski definition) is 5. The van der Waals surface area contributed by atoms with Crippen LogP contribution < -0.4 is 10.6 Å². The SMILES string of the molecule is CCc1noc(CC)c1CNC(=O)[C@H]1NCCO[C@@H]1C.Cl. The van der Waals surface area contributed by atoms with Crippen LogP contribution in [0.25, 0.3) is 0 Å². The monoisotopic (exact) mass is 317 g/mol. The Morgan fingerprint density at radius 3 is 2.81 bits per heavy atom. The molecule has 1 aromatic heterocycles. The number of aromatic nitrogens is 1. The minimum atomic E-state index is -0.293. The highest BCUT2D eigenvalue weighted by Crippen LogP contribution is 2.15. The van der Waals surface area contributed by atoms with E-state index < -0.39 is 0 Å². The predicted molar refractivity (Wildman–Crippen MR) is 81.6 cm³/mol. The van der Waals surface area contributed by atoms with E-state index in [1.165, 1.54) is 0 Å². The summed E-state index contributed by atoms with van der Waals surface area (Å²) in [6.45, 7) is 7.77. The molecule has 1 fully saturated rings. The first-order valence-electron chi connectivity index (χ1n) is 7.26. The lowest BCUT2D eigenvalue weighted by Crippen LogP contribution is -2.55. The third kappa shape index (κ3) is 4.18. The third-order valence-electron chi connectivity index (χ3n) is 3.65. The molecule has 2 atom stereocenters. The number of hydrogen-bond donors (Lipinski definition) is 2. The van der Waals surface area contributed by atoms with Crippen molar-refractivity contribution in [2.24, 2.45) is 0 Å². The maximum Gasteiger partial charge on any atom is 0.240 e. The number of ether oxygens (including phenoxy) is 1. The first-order valence-corrected chi connectivity index (χ1v) is 7.26. The second-order valence-electron chi connectivity index (χ2n) is 4.96. The first kappa shape index (κ1) is 17.9. The summed E-state index contributed by atoms with van der Waals surface area (Å²) in [5.41, 5.74) is 1.93. The van der Waals surface area contributed by atoms with E-state index >= 15 is 0 Å². The maximum absolute atomic E-state index is 12.2. The number of morpholine rings is 1. The molecule has 1 aromatic rings. The fraction of sp³-hybridized carbons (Fsp3) is 0.714. The lowest BCUT2D eigenvalue weighted by molar-refractivity contribution is -0.129. The summed E-state index contributed by atoms with van der Waals surface area (Å²) < 4.78 is 10.8. The van der Waals surface area contributed by atoms with Gasteiger partial charge in [-0.25, -0.2) is 0 Å². The topological polar surface area (TPSA) is 76.4 Å². The van der Waals surface area contributed by atoms with E-state index in [9.17, 15) is 4.79 Å². The standard InChI is InChI=1S/C14H23N3O3.ClH/c1-4-11-10(12(5-2)20-17-11)8-16-14(18)13-9(3)19-7-6-15-13;/h9,13,15H,4-8H2,1-3H3,(H,16,18);1H/t9-,13+;/m1./s1. The summed E-state index contributed by atoms with van der Waals surface area (Å²) in [7, 11) is 0. The second kappa shape index (κ2) is 8.36. The molecule has 1 aliphatic heterocycles. The summed E-state index contributed by atoms with van der Waals surface area (Å²) in [5.74, 6) is 0.811. The van der Waals surface area contributed by atoms with Crippen LogP contribution in [-0.2, 0) is 28.9 Å². The van der Waals surface area contributed by atoms with Gasteiger partial charge >= 0.3 is 0 Å². The van der Waals surface area contributed by atoms with Crippen molar-refractivity contribution in [3.05, 3.63) is 17.0 Å². The van der Waals surface area contributed by atoms with Gasteiger partial charge in [-0.3, -0.25) is 4.79 Å². The van der Waals surface area contributed by atoms with Crippen LogP contribution >= 0.6 is 12.4 Å². The molecule has 0 spiro atoms. The average molecular weight is 318 g/mol. The van der Waals surface area contributed by atoms with E-state index in [0.717, 1.165) is 29.9 Å². The highest BCUT2D eigenvalue weighted by atomic mass is 35.5. The molecular formula is C14H24ClN3O3. The van der Waals surface area contributed by atoms with Crippen LogP contribution in [0.3, 0.4) is 0 Å². The van der Waals surface area contributed by atoms with Gasteiger partial charge in [-0.05, 0) is 13.3 Å². The zero-order chi connectivity index (χ0) is 14.5. The zero-order valence-corrected chi connectivity index (χ0v) is 13.6. The normalized spacial score (nSPS) is 21.7. The number of nitrogens with zero attached hydrogens (tertiary/aromatic N) is 1. The van der Waals surface area contributed by atoms with Gasteiger partial charge in [0, 0.05) is 25.1 Å². The van der Waals surface area contributed by atoms with Gasteiger partial charge < -0.3 is 19.9 Å². The van der Waals surface area contributed by atoms with E-state index in [-0.39, 0.29) is 30.5 Å². The van der Waals surface area contributed by atoms with Crippen molar-refractivity contribution in [3.63, 3.8) is 0 Å². The summed E-state index contributed by atoms with van der Waals surface area (Å²) in [5, 5.41) is 10.2. The number of halogens is 1. The van der Waals surface area contributed by atoms with Crippen LogP contribution in [0.2, 0.25) is 0 Å². The summed E-state index contributed by atoms with van der Waals surface area (Å²) in [6, 6.07) is -0.293. The molecule has 6 nitrogen and oxygen atoms in total. The van der Waals surface area contributed by atoms with E-state index in [2.05, 4.69) is 15.8 Å². The smallest absolute Gasteiger partial charge is 0.240 e. The molecule has 120 valence electrons. The average Bonchev–Trinajstić information content (AvgIpc) is 2.87. The fourth-order valence-electron chi connectivity index (χ4n) is 2.45. The molecular weight excluding hydrogens is 294 g/mol. The van der Waals surface area contributed by atoms with Crippen LogP contribution in [0.15, 0.2) is 4.52 Å². The second-order valence-corrected chi connectivity index (χ2v) is 4.96. The highest BCUT2D eigenvalue weighted by Gasteiger charge is 2.28. The number of amides is 1. The molecule has 1 saturated heterocycles. The van der Waals surface area contributed by atoms with Gasteiger partial charge in [0.05, 0.1) is 18.4 Å². The van der Waals surface area contributed by atoms with E-state index in [1.807, 2.05) is 20.8 Å². The van der Waals surface area contributed by atoms with Gasteiger partial charge in [-0.15, -0.1) is 12.4 Å². The zero-order valence-electron chi connectivity index (χ0n) is 12.8. The van der Waals surface area contributed by atoms with Crippen molar-refractivity contribution in [1.29, 1.82) is 0 Å². The number of carbonyl (C=O) groups excluding carboxylic acids is 1. The summed E-state index contributed by atoms with van der Waals surface area (Å²) in [6.07, 6.45) is 1.47. The Balaban J connectivity index is 0.00000220. The molecule has 0 aromatic carbocycles. The van der Waals surface area contributed by atoms with Gasteiger partial charge in [0.15, 0.2) is 0 Å². The van der Waals surface area contributed by atoms with Crippen LogP contribution in [0.4, 0.5) is 0 Å².